The van der Waals surface area contributed by atoms with Gasteiger partial charge in [0, 0.05) is 11.3 Å². The summed E-state index contributed by atoms with van der Waals surface area (Å²) in [6.45, 7) is 1.98. The first kappa shape index (κ1) is 13.2. The first-order chi connectivity index (χ1) is 10.2. The summed E-state index contributed by atoms with van der Waals surface area (Å²) < 4.78 is 18.6. The summed E-state index contributed by atoms with van der Waals surface area (Å²) >= 11 is 0. The molecule has 0 unspecified atom stereocenters. The van der Waals surface area contributed by atoms with Crippen LogP contribution in [0.4, 0.5) is 4.39 Å². The molecule has 0 radical (unpaired) electrons. The maximum atomic E-state index is 13.1. The third-order valence-corrected chi connectivity index (χ3v) is 3.57. The quantitative estimate of drug-likeness (QED) is 0.886. The molecule has 0 fully saturated rings. The van der Waals surface area contributed by atoms with Gasteiger partial charge in [-0.1, -0.05) is 19.1 Å². The first-order valence-corrected chi connectivity index (χ1v) is 6.55. The zero-order valence-electron chi connectivity index (χ0n) is 11.4. The summed E-state index contributed by atoms with van der Waals surface area (Å²) in [7, 11) is 0. The number of nitriles is 1. The summed E-state index contributed by atoms with van der Waals surface area (Å²) in [6.07, 6.45) is 0.710. The number of nitrogens with two attached hydrogens (primary N) is 1. The molecule has 2 heterocycles. The Hall–Kier alpha value is -2.81. The molecule has 0 aliphatic carbocycles. The van der Waals surface area contributed by atoms with Crippen LogP contribution in [0, 0.1) is 17.1 Å². The van der Waals surface area contributed by atoms with Crippen molar-refractivity contribution >= 4 is 0 Å². The number of aromatic nitrogens is 2. The van der Waals surface area contributed by atoms with Crippen LogP contribution in [0.1, 0.15) is 29.7 Å². The molecule has 3 rings (SSSR count). The van der Waals surface area contributed by atoms with Crippen molar-refractivity contribution in [3.05, 3.63) is 58.4 Å². The average molecular weight is 284 g/mol. The maximum Gasteiger partial charge on any atom is 0.244 e. The highest BCUT2D eigenvalue weighted by Gasteiger charge is 2.34. The number of nitrogens with zero attached hydrogens (tertiary/aromatic N) is 2. The number of fused-ring (bicyclic) bond motifs is 1. The van der Waals surface area contributed by atoms with E-state index in [1.807, 2.05) is 6.92 Å². The topological polar surface area (TPSA) is 87.7 Å². The van der Waals surface area contributed by atoms with E-state index in [4.69, 9.17) is 10.5 Å². The van der Waals surface area contributed by atoms with Crippen molar-refractivity contribution in [1.82, 2.24) is 10.2 Å². The van der Waals surface area contributed by atoms with E-state index < -0.39 is 5.92 Å². The summed E-state index contributed by atoms with van der Waals surface area (Å²) in [6, 6.07) is 8.11. The number of hydrogen-bond donors (Lipinski definition) is 2. The van der Waals surface area contributed by atoms with E-state index in [2.05, 4.69) is 16.3 Å². The Morgan fingerprint density at radius 1 is 1.43 bits per heavy atom. The smallest absolute Gasteiger partial charge is 0.244 e. The van der Waals surface area contributed by atoms with Crippen LogP contribution in [0.3, 0.4) is 0 Å². The molecule has 0 bridgehead atoms. The lowest BCUT2D eigenvalue weighted by molar-refractivity contribution is 0.378. The van der Waals surface area contributed by atoms with Gasteiger partial charge in [0.05, 0.1) is 5.92 Å². The standard InChI is InChI=1S/C15H13FN4O/c1-2-11-13-12(8-3-5-9(16)6-4-8)10(7-17)14(18)21-15(13)20-19-11/h3-6,12H,2,18H2,1H3,(H,19,20)/t12-/m1/s1. The van der Waals surface area contributed by atoms with E-state index in [9.17, 15) is 9.65 Å². The van der Waals surface area contributed by atoms with E-state index in [1.165, 1.54) is 12.1 Å². The van der Waals surface area contributed by atoms with Crippen LogP contribution in [0.25, 0.3) is 0 Å². The minimum absolute atomic E-state index is 0.0356. The molecular weight excluding hydrogens is 271 g/mol. The van der Waals surface area contributed by atoms with E-state index in [0.29, 0.717) is 17.9 Å². The van der Waals surface area contributed by atoms with Crippen molar-refractivity contribution in [3.8, 4) is 11.9 Å². The van der Waals surface area contributed by atoms with Crippen LogP contribution >= 0.6 is 0 Å². The zero-order valence-corrected chi connectivity index (χ0v) is 11.4. The molecule has 0 saturated carbocycles. The molecule has 1 aromatic carbocycles. The minimum Gasteiger partial charge on any atom is -0.420 e. The molecule has 2 aromatic rings. The Morgan fingerprint density at radius 2 is 2.14 bits per heavy atom. The highest BCUT2D eigenvalue weighted by atomic mass is 19.1. The number of nitrogens with one attached hydrogen (secondary N) is 1. The van der Waals surface area contributed by atoms with Gasteiger partial charge >= 0.3 is 0 Å². The lowest BCUT2D eigenvalue weighted by atomic mass is 9.84. The van der Waals surface area contributed by atoms with Gasteiger partial charge in [0.15, 0.2) is 0 Å². The van der Waals surface area contributed by atoms with Crippen molar-refractivity contribution in [1.29, 1.82) is 5.26 Å². The molecule has 6 heteroatoms. The monoisotopic (exact) mass is 284 g/mol. The van der Waals surface area contributed by atoms with Crippen molar-refractivity contribution in [3.63, 3.8) is 0 Å². The van der Waals surface area contributed by atoms with Gasteiger partial charge in [-0.3, -0.25) is 5.10 Å². The van der Waals surface area contributed by atoms with Gasteiger partial charge in [-0.05, 0) is 24.1 Å². The van der Waals surface area contributed by atoms with Crippen molar-refractivity contribution in [2.45, 2.75) is 19.3 Å². The number of aryl methyl sites for hydroxylation is 1. The van der Waals surface area contributed by atoms with E-state index in [-0.39, 0.29) is 11.7 Å². The van der Waals surface area contributed by atoms with Crippen molar-refractivity contribution < 1.29 is 9.13 Å². The number of aromatic amines is 1. The van der Waals surface area contributed by atoms with E-state index >= 15 is 0 Å². The first-order valence-electron chi connectivity index (χ1n) is 6.55. The number of H-pyrrole nitrogens is 1. The van der Waals surface area contributed by atoms with E-state index in [0.717, 1.165) is 16.8 Å². The van der Waals surface area contributed by atoms with Crippen LogP contribution in [-0.4, -0.2) is 10.2 Å². The van der Waals surface area contributed by atoms with Gasteiger partial charge in [-0.2, -0.15) is 5.26 Å². The second-order valence-electron chi connectivity index (χ2n) is 4.75. The SMILES string of the molecule is CCc1[nH]nc2c1[C@H](c1ccc(F)cc1)C(C#N)=C(N)O2. The molecule has 1 aliphatic heterocycles. The molecule has 0 amide bonds. The van der Waals surface area contributed by atoms with Crippen LogP contribution in [0.5, 0.6) is 5.88 Å². The second-order valence-corrected chi connectivity index (χ2v) is 4.75. The largest absolute Gasteiger partial charge is 0.420 e. The number of hydrogen-bond acceptors (Lipinski definition) is 4. The summed E-state index contributed by atoms with van der Waals surface area (Å²) in [5.41, 5.74) is 8.57. The Morgan fingerprint density at radius 3 is 2.76 bits per heavy atom. The van der Waals surface area contributed by atoms with Gasteiger partial charge < -0.3 is 10.5 Å². The predicted molar refractivity (Wildman–Crippen MR) is 73.7 cm³/mol. The molecule has 106 valence electrons. The number of halogens is 1. The van der Waals surface area contributed by atoms with Gasteiger partial charge in [0.25, 0.3) is 0 Å². The molecule has 0 saturated heterocycles. The van der Waals surface area contributed by atoms with Gasteiger partial charge in [-0.15, -0.1) is 5.10 Å². The molecule has 1 aliphatic rings. The molecular formula is C15H13FN4O. The number of benzene rings is 1. The predicted octanol–water partition coefficient (Wildman–Crippen LogP) is 2.33. The van der Waals surface area contributed by atoms with Gasteiger partial charge in [0.2, 0.25) is 11.8 Å². The second kappa shape index (κ2) is 4.94. The Balaban J connectivity index is 2.22. The summed E-state index contributed by atoms with van der Waals surface area (Å²) in [4.78, 5) is 0. The molecule has 5 nitrogen and oxygen atoms in total. The fourth-order valence-electron chi connectivity index (χ4n) is 2.57. The molecule has 3 N–H and O–H groups in total. The van der Waals surface area contributed by atoms with Crippen molar-refractivity contribution in [2.75, 3.05) is 0 Å². The normalized spacial score (nSPS) is 17.1. The minimum atomic E-state index is -0.395. The van der Waals surface area contributed by atoms with Crippen LogP contribution in [0.2, 0.25) is 0 Å². The van der Waals surface area contributed by atoms with Crippen LogP contribution in [0.15, 0.2) is 35.7 Å². The number of rotatable bonds is 2. The lowest BCUT2D eigenvalue weighted by Crippen LogP contribution is -2.21. The molecule has 0 spiro atoms. The third-order valence-electron chi connectivity index (χ3n) is 3.57. The highest BCUT2D eigenvalue weighted by Crippen LogP contribution is 2.42. The highest BCUT2D eigenvalue weighted by molar-refractivity contribution is 5.55. The number of allylic oxidation sites excluding steroid dienone is 1. The maximum absolute atomic E-state index is 13.1. The fraction of sp³-hybridized carbons (Fsp3) is 0.200. The fourth-order valence-corrected chi connectivity index (χ4v) is 2.57. The third kappa shape index (κ3) is 2.03. The lowest BCUT2D eigenvalue weighted by Gasteiger charge is -2.23. The van der Waals surface area contributed by atoms with E-state index in [1.54, 1.807) is 12.1 Å². The molecule has 1 atom stereocenters. The van der Waals surface area contributed by atoms with Crippen molar-refractivity contribution in [2.24, 2.45) is 5.73 Å². The van der Waals surface area contributed by atoms with Gasteiger partial charge in [-0.25, -0.2) is 4.39 Å². The Kier molecular flexibility index (Phi) is 3.10. The Bertz CT molecular complexity index is 755. The summed E-state index contributed by atoms with van der Waals surface area (Å²) in [5.74, 6) is -0.316. The van der Waals surface area contributed by atoms with Crippen LogP contribution < -0.4 is 10.5 Å². The van der Waals surface area contributed by atoms with Gasteiger partial charge in [0.1, 0.15) is 17.5 Å². The molecule has 21 heavy (non-hydrogen) atoms. The average Bonchev–Trinajstić information content (AvgIpc) is 2.89. The molecule has 1 aromatic heterocycles. The number of ether oxygens (including phenoxy) is 1. The summed E-state index contributed by atoms with van der Waals surface area (Å²) in [5, 5.41) is 16.4. The zero-order chi connectivity index (χ0) is 15.0. The van der Waals surface area contributed by atoms with Crippen LogP contribution in [-0.2, 0) is 6.42 Å². The Labute approximate surface area is 120 Å².